The van der Waals surface area contributed by atoms with E-state index in [0.29, 0.717) is 5.69 Å². The van der Waals surface area contributed by atoms with Crippen molar-refractivity contribution in [2.24, 2.45) is 0 Å². The molecule has 0 aromatic heterocycles. The maximum absolute atomic E-state index is 12.0. The van der Waals surface area contributed by atoms with Crippen LogP contribution >= 0.6 is 22.6 Å². The number of hydrogen-bond donors (Lipinski definition) is 1. The number of carbonyl (C=O) groups excluding carboxylic acids is 1. The first kappa shape index (κ1) is 13.5. The van der Waals surface area contributed by atoms with Crippen molar-refractivity contribution < 1.29 is 9.72 Å². The van der Waals surface area contributed by atoms with E-state index in [1.54, 1.807) is 24.3 Å². The zero-order valence-electron chi connectivity index (χ0n) is 9.67. The van der Waals surface area contributed by atoms with Gasteiger partial charge in [0.15, 0.2) is 0 Å². The molecule has 0 saturated carbocycles. The molecule has 0 unspecified atom stereocenters. The van der Waals surface area contributed by atoms with Crippen LogP contribution in [0.15, 0.2) is 48.5 Å². The lowest BCUT2D eigenvalue weighted by Gasteiger charge is -2.06. The molecule has 96 valence electrons. The molecule has 0 heterocycles. The molecular weight excluding hydrogens is 359 g/mol. The van der Waals surface area contributed by atoms with Crippen LogP contribution in [0.25, 0.3) is 0 Å². The lowest BCUT2D eigenvalue weighted by molar-refractivity contribution is -0.385. The van der Waals surface area contributed by atoms with Crippen molar-refractivity contribution in [1.29, 1.82) is 0 Å². The summed E-state index contributed by atoms with van der Waals surface area (Å²) in [7, 11) is 0. The molecule has 0 spiro atoms. The highest BCUT2D eigenvalue weighted by atomic mass is 127. The standard InChI is InChI=1S/C13H9IN2O3/c14-9-4-3-5-10(8-9)15-13(17)11-6-1-2-7-12(11)16(18)19/h1-8H,(H,15,17). The van der Waals surface area contributed by atoms with E-state index in [2.05, 4.69) is 27.9 Å². The summed E-state index contributed by atoms with van der Waals surface area (Å²) in [5.74, 6) is -0.491. The van der Waals surface area contributed by atoms with Crippen LogP contribution in [0.4, 0.5) is 11.4 Å². The van der Waals surface area contributed by atoms with Crippen LogP contribution in [0, 0.1) is 13.7 Å². The molecule has 2 aromatic carbocycles. The topological polar surface area (TPSA) is 72.2 Å². The zero-order valence-corrected chi connectivity index (χ0v) is 11.8. The van der Waals surface area contributed by atoms with Crippen LogP contribution < -0.4 is 5.32 Å². The quantitative estimate of drug-likeness (QED) is 0.513. The highest BCUT2D eigenvalue weighted by Crippen LogP contribution is 2.20. The molecule has 0 fully saturated rings. The van der Waals surface area contributed by atoms with Crippen LogP contribution in [0.2, 0.25) is 0 Å². The molecule has 0 atom stereocenters. The third-order valence-corrected chi connectivity index (χ3v) is 3.10. The van der Waals surface area contributed by atoms with Crippen LogP contribution in [0.3, 0.4) is 0 Å². The second-order valence-corrected chi connectivity index (χ2v) is 4.98. The van der Waals surface area contributed by atoms with Gasteiger partial charge in [0, 0.05) is 15.3 Å². The third kappa shape index (κ3) is 3.28. The molecule has 0 aliphatic rings. The Morgan fingerprint density at radius 2 is 1.89 bits per heavy atom. The van der Waals surface area contributed by atoms with E-state index >= 15 is 0 Å². The summed E-state index contributed by atoms with van der Waals surface area (Å²) >= 11 is 2.12. The molecule has 2 rings (SSSR count). The SMILES string of the molecule is O=C(Nc1cccc(I)c1)c1ccccc1[N+](=O)[O-]. The monoisotopic (exact) mass is 368 g/mol. The van der Waals surface area contributed by atoms with Crippen molar-refractivity contribution in [3.8, 4) is 0 Å². The molecule has 0 bridgehead atoms. The van der Waals surface area contributed by atoms with Crippen molar-refractivity contribution in [3.63, 3.8) is 0 Å². The predicted octanol–water partition coefficient (Wildman–Crippen LogP) is 3.45. The molecule has 19 heavy (non-hydrogen) atoms. The van der Waals surface area contributed by atoms with E-state index in [-0.39, 0.29) is 11.3 Å². The highest BCUT2D eigenvalue weighted by Gasteiger charge is 2.19. The normalized spacial score (nSPS) is 9.95. The van der Waals surface area contributed by atoms with Gasteiger partial charge in [0.1, 0.15) is 5.56 Å². The number of carbonyl (C=O) groups is 1. The first-order valence-electron chi connectivity index (χ1n) is 5.38. The maximum atomic E-state index is 12.0. The molecule has 0 aliphatic carbocycles. The third-order valence-electron chi connectivity index (χ3n) is 2.43. The maximum Gasteiger partial charge on any atom is 0.282 e. The van der Waals surface area contributed by atoms with E-state index in [9.17, 15) is 14.9 Å². The second kappa shape index (κ2) is 5.79. The number of amides is 1. The summed E-state index contributed by atoms with van der Waals surface area (Å²) in [4.78, 5) is 22.3. The molecular formula is C13H9IN2O3. The minimum atomic E-state index is -0.566. The van der Waals surface area contributed by atoms with Crippen LogP contribution in [-0.2, 0) is 0 Å². The Balaban J connectivity index is 2.28. The fourth-order valence-electron chi connectivity index (χ4n) is 1.59. The van der Waals surface area contributed by atoms with Crippen molar-refractivity contribution in [2.75, 3.05) is 5.32 Å². The van der Waals surface area contributed by atoms with Gasteiger partial charge in [-0.2, -0.15) is 0 Å². The van der Waals surface area contributed by atoms with E-state index in [4.69, 9.17) is 0 Å². The Labute approximate surface area is 122 Å². The number of benzene rings is 2. The van der Waals surface area contributed by atoms with Gasteiger partial charge in [-0.3, -0.25) is 14.9 Å². The van der Waals surface area contributed by atoms with Crippen LogP contribution in [-0.4, -0.2) is 10.8 Å². The smallest absolute Gasteiger partial charge is 0.282 e. The average Bonchev–Trinajstić information content (AvgIpc) is 2.38. The van der Waals surface area contributed by atoms with Gasteiger partial charge in [-0.25, -0.2) is 0 Å². The summed E-state index contributed by atoms with van der Waals surface area (Å²) in [5.41, 5.74) is 0.451. The first-order chi connectivity index (χ1) is 9.08. The van der Waals surface area contributed by atoms with Gasteiger partial charge in [-0.1, -0.05) is 18.2 Å². The van der Waals surface area contributed by atoms with E-state index in [0.717, 1.165) is 3.57 Å². The lowest BCUT2D eigenvalue weighted by Crippen LogP contribution is -2.13. The lowest BCUT2D eigenvalue weighted by atomic mass is 10.1. The summed E-state index contributed by atoms with van der Waals surface area (Å²) in [6, 6.07) is 13.1. The van der Waals surface area contributed by atoms with Gasteiger partial charge < -0.3 is 5.32 Å². The van der Waals surface area contributed by atoms with Gasteiger partial charge >= 0.3 is 0 Å². The molecule has 0 aliphatic heterocycles. The highest BCUT2D eigenvalue weighted by molar-refractivity contribution is 14.1. The number of rotatable bonds is 3. The van der Waals surface area contributed by atoms with Crippen LogP contribution in [0.1, 0.15) is 10.4 Å². The van der Waals surface area contributed by atoms with Gasteiger partial charge in [-0.15, -0.1) is 0 Å². The van der Waals surface area contributed by atoms with Gasteiger partial charge in [0.05, 0.1) is 4.92 Å². The first-order valence-corrected chi connectivity index (χ1v) is 6.46. The number of nitro benzene ring substituents is 1. The number of anilines is 1. The molecule has 1 amide bonds. The summed E-state index contributed by atoms with van der Waals surface area (Å²) in [5, 5.41) is 13.5. The van der Waals surface area contributed by atoms with Crippen molar-refractivity contribution in [2.45, 2.75) is 0 Å². The van der Waals surface area contributed by atoms with Crippen LogP contribution in [0.5, 0.6) is 0 Å². The Morgan fingerprint density at radius 1 is 1.16 bits per heavy atom. The molecule has 1 N–H and O–H groups in total. The number of para-hydroxylation sites is 1. The largest absolute Gasteiger partial charge is 0.322 e. The predicted molar refractivity (Wildman–Crippen MR) is 80.2 cm³/mol. The Morgan fingerprint density at radius 3 is 2.58 bits per heavy atom. The minimum Gasteiger partial charge on any atom is -0.322 e. The van der Waals surface area contributed by atoms with Gasteiger partial charge in [-0.05, 0) is 46.9 Å². The molecule has 5 nitrogen and oxygen atoms in total. The molecule has 2 aromatic rings. The minimum absolute atomic E-state index is 0.0476. The molecule has 0 saturated heterocycles. The Bertz CT molecular complexity index is 643. The van der Waals surface area contributed by atoms with Gasteiger partial charge in [0.2, 0.25) is 0 Å². The summed E-state index contributed by atoms with van der Waals surface area (Å²) < 4.78 is 0.970. The Kier molecular flexibility index (Phi) is 4.10. The number of halogens is 1. The van der Waals surface area contributed by atoms with E-state index < -0.39 is 10.8 Å². The number of hydrogen-bond acceptors (Lipinski definition) is 3. The fourth-order valence-corrected chi connectivity index (χ4v) is 2.13. The number of nitro groups is 1. The van der Waals surface area contributed by atoms with E-state index in [1.165, 1.54) is 18.2 Å². The Hall–Kier alpha value is -1.96. The van der Waals surface area contributed by atoms with Crippen molar-refractivity contribution >= 4 is 39.9 Å². The molecule has 0 radical (unpaired) electrons. The van der Waals surface area contributed by atoms with Gasteiger partial charge in [0.25, 0.3) is 11.6 Å². The molecule has 6 heteroatoms. The van der Waals surface area contributed by atoms with Crippen molar-refractivity contribution in [3.05, 3.63) is 67.8 Å². The fraction of sp³-hybridized carbons (Fsp3) is 0. The van der Waals surface area contributed by atoms with E-state index in [1.807, 2.05) is 6.07 Å². The number of nitrogens with one attached hydrogen (secondary N) is 1. The second-order valence-electron chi connectivity index (χ2n) is 3.74. The number of nitrogens with zero attached hydrogens (tertiary/aromatic N) is 1. The summed E-state index contributed by atoms with van der Waals surface area (Å²) in [6.07, 6.45) is 0. The average molecular weight is 368 g/mol. The zero-order chi connectivity index (χ0) is 13.8. The van der Waals surface area contributed by atoms with Crippen molar-refractivity contribution in [1.82, 2.24) is 0 Å². The summed E-state index contributed by atoms with van der Waals surface area (Å²) in [6.45, 7) is 0.